The number of aliphatic hydroxyl groups is 1. The summed E-state index contributed by atoms with van der Waals surface area (Å²) in [6.07, 6.45) is -1.90. The van der Waals surface area contributed by atoms with Crippen LogP contribution in [-0.4, -0.2) is 43.7 Å². The highest BCUT2D eigenvalue weighted by Gasteiger charge is 2.34. The molecule has 0 fully saturated rings. The molecule has 2 aromatic heterocycles. The number of carbonyl (C=O) groups is 2. The van der Waals surface area contributed by atoms with Crippen LogP contribution in [0.2, 0.25) is 0 Å². The number of hydrogen-bond acceptors (Lipinski definition) is 7. The number of benzene rings is 1. The molecule has 2 aliphatic rings. The number of ether oxygens (including phenoxy) is 2. The lowest BCUT2D eigenvalue weighted by Gasteiger charge is -2.29. The number of cyclic esters (lactones) is 1. The summed E-state index contributed by atoms with van der Waals surface area (Å²) in [6, 6.07) is 7.11. The molecule has 2 aliphatic heterocycles. The average Bonchev–Trinajstić information content (AvgIpc) is 3.27. The second kappa shape index (κ2) is 12.0. The largest absolute Gasteiger partial charge is 0.458 e. The Morgan fingerprint density at radius 3 is 2.36 bits per heavy atom. The predicted octanol–water partition coefficient (Wildman–Crippen LogP) is 5.49. The van der Waals surface area contributed by atoms with Gasteiger partial charge in [-0.25, -0.2) is 14.6 Å². The third-order valence-electron chi connectivity index (χ3n) is 6.70. The zero-order chi connectivity index (χ0) is 29.2. The lowest BCUT2D eigenvalue weighted by Crippen LogP contribution is -2.43. The Morgan fingerprint density at radius 1 is 1.10 bits per heavy atom. The fraction of sp³-hybridized carbons (Fsp3) is 0.467. The summed E-state index contributed by atoms with van der Waals surface area (Å²) in [4.78, 5) is 44.2. The standard InChI is InChI=1S/C26H27N3O6.2C2H6/c1-12(2)29(13(3)4)26(33)35-21-7-6-19-16(14(21)5)8-15-10-28-20(22(15)27-19)9-17-18(24(28)31)11-34-25(32)23(17)30;2*1-2/h6-9,12-13,23,30H,10-11H2,1-5H3;2*1-2H3. The van der Waals surface area contributed by atoms with E-state index in [1.807, 2.05) is 68.4 Å². The number of carbonyl (C=O) groups excluding carboxylic acids is 2. The van der Waals surface area contributed by atoms with Gasteiger partial charge in [-0.1, -0.05) is 27.7 Å². The molecule has 0 saturated carbocycles. The molecule has 4 heterocycles. The Kier molecular flexibility index (Phi) is 9.17. The minimum atomic E-state index is -1.49. The number of rotatable bonds is 3. The monoisotopic (exact) mass is 537 g/mol. The number of fused-ring (bicyclic) bond motifs is 5. The third kappa shape index (κ3) is 5.28. The zero-order valence-corrected chi connectivity index (χ0v) is 24.3. The molecule has 3 aromatic rings. The molecule has 0 radical (unpaired) electrons. The molecule has 39 heavy (non-hydrogen) atoms. The fourth-order valence-corrected chi connectivity index (χ4v) is 5.00. The number of aromatic nitrogens is 2. The van der Waals surface area contributed by atoms with E-state index in [0.717, 1.165) is 16.5 Å². The first-order valence-electron chi connectivity index (χ1n) is 13.6. The maximum Gasteiger partial charge on any atom is 0.415 e. The Balaban J connectivity index is 0.00000100. The first-order valence-corrected chi connectivity index (χ1v) is 13.6. The Labute approximate surface area is 229 Å². The van der Waals surface area contributed by atoms with E-state index in [4.69, 9.17) is 14.5 Å². The minimum absolute atomic E-state index is 0.00458. The van der Waals surface area contributed by atoms with Gasteiger partial charge in [0.05, 0.1) is 29.0 Å². The Bertz CT molecular complexity index is 1450. The van der Waals surface area contributed by atoms with Gasteiger partial charge in [0.2, 0.25) is 0 Å². The van der Waals surface area contributed by atoms with Crippen LogP contribution in [0.1, 0.15) is 83.7 Å². The van der Waals surface area contributed by atoms with E-state index in [-0.39, 0.29) is 35.4 Å². The van der Waals surface area contributed by atoms with Crippen molar-refractivity contribution in [3.05, 3.63) is 56.9 Å². The maximum atomic E-state index is 13.1. The van der Waals surface area contributed by atoms with Crippen LogP contribution in [-0.2, 0) is 22.7 Å². The summed E-state index contributed by atoms with van der Waals surface area (Å²) in [5.74, 6) is -0.310. The number of esters is 1. The Hall–Kier alpha value is -3.72. The van der Waals surface area contributed by atoms with Crippen molar-refractivity contribution < 1.29 is 24.2 Å². The van der Waals surface area contributed by atoms with Gasteiger partial charge < -0.3 is 24.0 Å². The smallest absolute Gasteiger partial charge is 0.415 e. The molecule has 1 atom stereocenters. The van der Waals surface area contributed by atoms with Crippen LogP contribution >= 0.6 is 0 Å². The van der Waals surface area contributed by atoms with Crippen molar-refractivity contribution in [3.63, 3.8) is 0 Å². The summed E-state index contributed by atoms with van der Waals surface area (Å²) in [5, 5.41) is 11.1. The van der Waals surface area contributed by atoms with Crippen molar-refractivity contribution in [2.45, 2.75) is 93.7 Å². The van der Waals surface area contributed by atoms with E-state index >= 15 is 0 Å². The van der Waals surface area contributed by atoms with Crippen LogP contribution in [0.3, 0.4) is 0 Å². The zero-order valence-electron chi connectivity index (χ0n) is 24.3. The molecule has 9 nitrogen and oxygen atoms in total. The van der Waals surface area contributed by atoms with E-state index in [1.54, 1.807) is 27.7 Å². The van der Waals surface area contributed by atoms with Crippen molar-refractivity contribution >= 4 is 23.0 Å². The van der Waals surface area contributed by atoms with Gasteiger partial charge in [-0.05, 0) is 58.9 Å². The van der Waals surface area contributed by atoms with Gasteiger partial charge in [0, 0.05) is 34.2 Å². The SMILES string of the molecule is CC.CC.Cc1c(OC(=O)N(C(C)C)C(C)C)ccc2nc3c(cc12)Cn1c-3cc2c(c1=O)COC(=O)C2O. The van der Waals surface area contributed by atoms with Crippen LogP contribution in [0.5, 0.6) is 5.75 Å². The van der Waals surface area contributed by atoms with Crippen LogP contribution in [0, 0.1) is 6.92 Å². The van der Waals surface area contributed by atoms with Crippen LogP contribution in [0.4, 0.5) is 4.79 Å². The molecule has 1 amide bonds. The molecule has 0 saturated heterocycles. The van der Waals surface area contributed by atoms with Gasteiger partial charge in [-0.3, -0.25) is 4.79 Å². The molecular weight excluding hydrogens is 498 g/mol. The molecular formula is C30H39N3O6. The van der Waals surface area contributed by atoms with E-state index in [0.29, 0.717) is 29.2 Å². The first-order chi connectivity index (χ1) is 18.6. The summed E-state index contributed by atoms with van der Waals surface area (Å²) < 4.78 is 12.3. The summed E-state index contributed by atoms with van der Waals surface area (Å²) >= 11 is 0. The minimum Gasteiger partial charge on any atom is -0.458 e. The fourth-order valence-electron chi connectivity index (χ4n) is 5.00. The molecule has 0 aliphatic carbocycles. The number of hydrogen-bond donors (Lipinski definition) is 1. The highest BCUT2D eigenvalue weighted by molar-refractivity contribution is 5.89. The van der Waals surface area contributed by atoms with Crippen molar-refractivity contribution in [1.29, 1.82) is 0 Å². The van der Waals surface area contributed by atoms with Gasteiger partial charge in [0.25, 0.3) is 5.56 Å². The van der Waals surface area contributed by atoms with E-state index in [2.05, 4.69) is 0 Å². The quantitative estimate of drug-likeness (QED) is 0.344. The van der Waals surface area contributed by atoms with Crippen LogP contribution < -0.4 is 10.3 Å². The third-order valence-corrected chi connectivity index (χ3v) is 6.70. The van der Waals surface area contributed by atoms with E-state index in [1.165, 1.54) is 0 Å². The highest BCUT2D eigenvalue weighted by Crippen LogP contribution is 2.37. The number of pyridine rings is 2. The molecule has 9 heteroatoms. The lowest BCUT2D eigenvalue weighted by atomic mass is 10.00. The van der Waals surface area contributed by atoms with Crippen molar-refractivity contribution in [1.82, 2.24) is 14.5 Å². The molecule has 0 spiro atoms. The number of aryl methyl sites for hydroxylation is 1. The Morgan fingerprint density at radius 2 is 1.74 bits per heavy atom. The summed E-state index contributed by atoms with van der Waals surface area (Å²) in [7, 11) is 0. The molecule has 1 N–H and O–H groups in total. The van der Waals surface area contributed by atoms with Gasteiger partial charge in [0.1, 0.15) is 12.4 Å². The first kappa shape index (κ1) is 29.8. The molecule has 1 aromatic carbocycles. The van der Waals surface area contributed by atoms with Gasteiger partial charge >= 0.3 is 12.1 Å². The van der Waals surface area contributed by atoms with E-state index < -0.39 is 18.2 Å². The van der Waals surface area contributed by atoms with Crippen molar-refractivity contribution in [2.75, 3.05) is 0 Å². The molecule has 0 bridgehead atoms. The maximum absolute atomic E-state index is 13.1. The number of nitrogens with zero attached hydrogens (tertiary/aromatic N) is 3. The van der Waals surface area contributed by atoms with Crippen LogP contribution in [0.15, 0.2) is 29.1 Å². The van der Waals surface area contributed by atoms with Crippen LogP contribution in [0.25, 0.3) is 22.3 Å². The normalized spacial score (nSPS) is 14.9. The summed E-state index contributed by atoms with van der Waals surface area (Å²) in [5.41, 5.74) is 3.71. The van der Waals surface area contributed by atoms with Crippen molar-refractivity contribution in [2.24, 2.45) is 0 Å². The second-order valence-electron chi connectivity index (χ2n) is 9.58. The summed E-state index contributed by atoms with van der Waals surface area (Å²) in [6.45, 7) is 17.8. The molecule has 210 valence electrons. The highest BCUT2D eigenvalue weighted by atomic mass is 16.6. The van der Waals surface area contributed by atoms with E-state index in [9.17, 15) is 19.5 Å². The van der Waals surface area contributed by atoms with Gasteiger partial charge in [-0.2, -0.15) is 0 Å². The molecule has 5 rings (SSSR count). The molecule has 1 unspecified atom stereocenters. The lowest BCUT2D eigenvalue weighted by molar-refractivity contribution is -0.157. The predicted molar refractivity (Wildman–Crippen MR) is 151 cm³/mol. The topological polar surface area (TPSA) is 111 Å². The number of amides is 1. The average molecular weight is 538 g/mol. The van der Waals surface area contributed by atoms with Gasteiger partial charge in [-0.15, -0.1) is 0 Å². The van der Waals surface area contributed by atoms with Crippen molar-refractivity contribution in [3.8, 4) is 17.1 Å². The number of aliphatic hydroxyl groups excluding tert-OH is 1. The van der Waals surface area contributed by atoms with Gasteiger partial charge in [0.15, 0.2) is 6.10 Å². The second-order valence-corrected chi connectivity index (χ2v) is 9.58.